The molecule has 0 spiro atoms. The van der Waals surface area contributed by atoms with E-state index in [1.165, 1.54) is 6.33 Å². The number of aromatic nitrogens is 2. The fraction of sp³-hybridized carbons (Fsp3) is 0.500. The van der Waals surface area contributed by atoms with Crippen molar-refractivity contribution in [1.29, 1.82) is 0 Å². The van der Waals surface area contributed by atoms with Crippen LogP contribution in [-0.2, 0) is 11.3 Å². The second-order valence-corrected chi connectivity index (χ2v) is 4.16. The van der Waals surface area contributed by atoms with Crippen molar-refractivity contribution >= 4 is 11.7 Å². The first kappa shape index (κ1) is 14.9. The molecule has 1 aromatic rings. The van der Waals surface area contributed by atoms with Gasteiger partial charge in [0, 0.05) is 6.20 Å². The van der Waals surface area contributed by atoms with Crippen LogP contribution in [0.5, 0.6) is 0 Å². The summed E-state index contributed by atoms with van der Waals surface area (Å²) in [5.74, 6) is -0.343. The van der Waals surface area contributed by atoms with Crippen LogP contribution >= 0.6 is 0 Å². The molecule has 0 fully saturated rings. The second kappa shape index (κ2) is 6.67. The average molecular weight is 265 g/mol. The van der Waals surface area contributed by atoms with Gasteiger partial charge in [-0.25, -0.2) is 9.97 Å². The summed E-state index contributed by atoms with van der Waals surface area (Å²) in [6.45, 7) is 3.93. The molecule has 0 aromatic carbocycles. The van der Waals surface area contributed by atoms with Crippen molar-refractivity contribution in [2.24, 2.45) is 16.3 Å². The Balaban J connectivity index is 2.79. The van der Waals surface area contributed by atoms with E-state index in [4.69, 9.17) is 10.9 Å². The summed E-state index contributed by atoms with van der Waals surface area (Å²) in [5, 5.41) is 14.6. The Morgan fingerprint density at radius 1 is 1.53 bits per heavy atom. The molecule has 0 aliphatic heterocycles. The lowest BCUT2D eigenvalue weighted by Gasteiger charge is -2.28. The van der Waals surface area contributed by atoms with Crippen LogP contribution < -0.4 is 11.1 Å². The average Bonchev–Trinajstić information content (AvgIpc) is 2.47. The van der Waals surface area contributed by atoms with E-state index in [2.05, 4.69) is 20.4 Å². The molecular formula is C12H19N5O2. The van der Waals surface area contributed by atoms with Gasteiger partial charge in [0.05, 0.1) is 12.2 Å². The smallest absolute Gasteiger partial charge is 0.234 e. The third-order valence-corrected chi connectivity index (χ3v) is 3.31. The van der Waals surface area contributed by atoms with Crippen LogP contribution in [0, 0.1) is 5.41 Å². The minimum absolute atomic E-state index is 0.0716. The molecule has 0 bridgehead atoms. The number of rotatable bonds is 6. The fourth-order valence-electron chi connectivity index (χ4n) is 1.91. The fourth-order valence-corrected chi connectivity index (χ4v) is 1.91. The van der Waals surface area contributed by atoms with E-state index in [-0.39, 0.29) is 18.3 Å². The van der Waals surface area contributed by atoms with Crippen molar-refractivity contribution in [1.82, 2.24) is 15.3 Å². The van der Waals surface area contributed by atoms with Gasteiger partial charge in [-0.1, -0.05) is 19.0 Å². The lowest BCUT2D eigenvalue weighted by molar-refractivity contribution is -0.128. The quantitative estimate of drug-likeness (QED) is 0.302. The second-order valence-electron chi connectivity index (χ2n) is 4.16. The first-order valence-corrected chi connectivity index (χ1v) is 6.12. The summed E-state index contributed by atoms with van der Waals surface area (Å²) < 4.78 is 0. The summed E-state index contributed by atoms with van der Waals surface area (Å²) in [4.78, 5) is 20.1. The molecule has 104 valence electrons. The molecule has 0 unspecified atom stereocenters. The van der Waals surface area contributed by atoms with Crippen molar-refractivity contribution in [3.63, 3.8) is 0 Å². The van der Waals surface area contributed by atoms with Gasteiger partial charge in [0.2, 0.25) is 5.91 Å². The SMILES string of the molecule is CCC(CC)(C(=O)NCc1ccncn1)/C(N)=N/O. The van der Waals surface area contributed by atoms with E-state index >= 15 is 0 Å². The lowest BCUT2D eigenvalue weighted by Crippen LogP contribution is -2.49. The maximum Gasteiger partial charge on any atom is 0.234 e. The van der Waals surface area contributed by atoms with E-state index in [9.17, 15) is 4.79 Å². The highest BCUT2D eigenvalue weighted by Crippen LogP contribution is 2.27. The van der Waals surface area contributed by atoms with Crippen LogP contribution in [0.3, 0.4) is 0 Å². The number of carbonyl (C=O) groups is 1. The van der Waals surface area contributed by atoms with Gasteiger partial charge in [-0.3, -0.25) is 4.79 Å². The Kier molecular flexibility index (Phi) is 5.23. The molecule has 7 heteroatoms. The lowest BCUT2D eigenvalue weighted by atomic mass is 9.80. The molecule has 1 amide bonds. The molecule has 0 saturated carbocycles. The molecule has 1 aromatic heterocycles. The van der Waals surface area contributed by atoms with Crippen LogP contribution in [0.2, 0.25) is 0 Å². The molecule has 0 aliphatic rings. The van der Waals surface area contributed by atoms with Gasteiger partial charge < -0.3 is 16.3 Å². The first-order valence-electron chi connectivity index (χ1n) is 6.12. The van der Waals surface area contributed by atoms with Crippen LogP contribution in [0.15, 0.2) is 23.7 Å². The maximum absolute atomic E-state index is 12.3. The van der Waals surface area contributed by atoms with Gasteiger partial charge in [-0.2, -0.15) is 0 Å². The minimum Gasteiger partial charge on any atom is -0.409 e. The van der Waals surface area contributed by atoms with Crippen molar-refractivity contribution < 1.29 is 10.0 Å². The number of nitrogens with two attached hydrogens (primary N) is 1. The van der Waals surface area contributed by atoms with E-state index in [0.717, 1.165) is 0 Å². The molecule has 1 rings (SSSR count). The molecule has 0 atom stereocenters. The Morgan fingerprint density at radius 2 is 2.21 bits per heavy atom. The highest BCUT2D eigenvalue weighted by molar-refractivity contribution is 6.06. The molecule has 4 N–H and O–H groups in total. The summed E-state index contributed by atoms with van der Waals surface area (Å²) >= 11 is 0. The zero-order valence-electron chi connectivity index (χ0n) is 11.1. The van der Waals surface area contributed by atoms with Gasteiger partial charge in [-0.15, -0.1) is 0 Å². The third-order valence-electron chi connectivity index (χ3n) is 3.31. The highest BCUT2D eigenvalue weighted by atomic mass is 16.4. The number of oxime groups is 1. The number of hydrogen-bond acceptors (Lipinski definition) is 5. The molecule has 0 radical (unpaired) electrons. The van der Waals surface area contributed by atoms with E-state index in [1.807, 2.05) is 13.8 Å². The number of nitrogens with one attached hydrogen (secondary N) is 1. The first-order chi connectivity index (χ1) is 9.10. The van der Waals surface area contributed by atoms with Crippen molar-refractivity contribution in [2.75, 3.05) is 0 Å². The Labute approximate surface area is 111 Å². The van der Waals surface area contributed by atoms with Crippen molar-refractivity contribution in [3.8, 4) is 0 Å². The van der Waals surface area contributed by atoms with Gasteiger partial charge in [0.1, 0.15) is 11.7 Å². The molecule has 7 nitrogen and oxygen atoms in total. The van der Waals surface area contributed by atoms with E-state index in [0.29, 0.717) is 18.5 Å². The maximum atomic E-state index is 12.3. The Hall–Kier alpha value is -2.18. The number of carbonyl (C=O) groups excluding carboxylic acids is 1. The summed E-state index contributed by atoms with van der Waals surface area (Å²) in [5.41, 5.74) is 5.37. The Morgan fingerprint density at radius 3 is 2.68 bits per heavy atom. The van der Waals surface area contributed by atoms with Crippen LogP contribution in [0.4, 0.5) is 0 Å². The number of amides is 1. The van der Waals surface area contributed by atoms with Crippen molar-refractivity contribution in [2.45, 2.75) is 33.2 Å². The summed E-state index contributed by atoms with van der Waals surface area (Å²) in [6, 6.07) is 1.71. The van der Waals surface area contributed by atoms with Crippen LogP contribution in [0.25, 0.3) is 0 Å². The summed E-state index contributed by atoms with van der Waals surface area (Å²) in [7, 11) is 0. The van der Waals surface area contributed by atoms with Gasteiger partial charge in [-0.05, 0) is 18.9 Å². The standard InChI is InChI=1S/C12H19N5O2/c1-3-12(4-2,10(13)17-19)11(18)15-7-9-5-6-14-8-16-9/h5-6,8,19H,3-4,7H2,1-2H3,(H2,13,17)(H,15,18). The molecule has 0 aliphatic carbocycles. The molecule has 0 saturated heterocycles. The van der Waals surface area contributed by atoms with Crippen LogP contribution in [0.1, 0.15) is 32.4 Å². The number of hydrogen-bond donors (Lipinski definition) is 3. The number of nitrogens with zero attached hydrogens (tertiary/aromatic N) is 3. The third kappa shape index (κ3) is 3.18. The predicted octanol–water partition coefficient (Wildman–Crippen LogP) is 0.646. The van der Waals surface area contributed by atoms with Crippen molar-refractivity contribution in [3.05, 3.63) is 24.3 Å². The van der Waals surface area contributed by atoms with E-state index in [1.54, 1.807) is 12.3 Å². The zero-order valence-corrected chi connectivity index (χ0v) is 11.1. The zero-order chi connectivity index (χ0) is 14.3. The van der Waals surface area contributed by atoms with Crippen LogP contribution in [-0.4, -0.2) is 26.9 Å². The number of amidine groups is 1. The minimum atomic E-state index is -0.984. The Bertz CT molecular complexity index is 443. The molecule has 1 heterocycles. The summed E-state index contributed by atoms with van der Waals surface area (Å²) in [6.07, 6.45) is 3.92. The molecule has 19 heavy (non-hydrogen) atoms. The van der Waals surface area contributed by atoms with E-state index < -0.39 is 5.41 Å². The predicted molar refractivity (Wildman–Crippen MR) is 70.3 cm³/mol. The monoisotopic (exact) mass is 265 g/mol. The molecular weight excluding hydrogens is 246 g/mol. The van der Waals surface area contributed by atoms with Gasteiger partial charge in [0.15, 0.2) is 5.84 Å². The largest absolute Gasteiger partial charge is 0.409 e. The highest BCUT2D eigenvalue weighted by Gasteiger charge is 2.39. The normalized spacial score (nSPS) is 12.2. The topological polar surface area (TPSA) is 113 Å². The van der Waals surface area contributed by atoms with Gasteiger partial charge >= 0.3 is 0 Å². The van der Waals surface area contributed by atoms with Gasteiger partial charge in [0.25, 0.3) is 0 Å².